The van der Waals surface area contributed by atoms with Gasteiger partial charge in [-0.25, -0.2) is 0 Å². The van der Waals surface area contributed by atoms with E-state index in [4.69, 9.17) is 9.47 Å². The average molecular weight is 607 g/mol. The number of rotatable bonds is 35. The Labute approximate surface area is 268 Å². The number of allylic oxidation sites excluding steroid dienone is 4. The molecule has 0 aliphatic rings. The van der Waals surface area contributed by atoms with Crippen LogP contribution in [0.4, 0.5) is 0 Å². The van der Waals surface area contributed by atoms with Gasteiger partial charge in [-0.15, -0.1) is 0 Å². The quantitative estimate of drug-likeness (QED) is 0.0443. The van der Waals surface area contributed by atoms with E-state index in [9.17, 15) is 9.90 Å². The Balaban J connectivity index is 3.45. The van der Waals surface area contributed by atoms with Gasteiger partial charge >= 0.3 is 5.97 Å². The smallest absolute Gasteiger partial charge is 0.305 e. The molecule has 254 valence electrons. The van der Waals surface area contributed by atoms with Crippen molar-refractivity contribution in [1.82, 2.24) is 0 Å². The second-order valence-electron chi connectivity index (χ2n) is 12.6. The molecule has 1 N–H and O–H groups in total. The lowest BCUT2D eigenvalue weighted by Crippen LogP contribution is -2.26. The van der Waals surface area contributed by atoms with Crippen molar-refractivity contribution in [2.45, 2.75) is 200 Å². The number of carbonyl (C=O) groups excluding carboxylic acids is 1. The van der Waals surface area contributed by atoms with Crippen LogP contribution in [0.3, 0.4) is 0 Å². The molecule has 4 heteroatoms. The zero-order valence-electron chi connectivity index (χ0n) is 29.0. The van der Waals surface area contributed by atoms with Crippen molar-refractivity contribution in [1.29, 1.82) is 0 Å². The van der Waals surface area contributed by atoms with E-state index < -0.39 is 6.10 Å². The number of hydrogen-bond donors (Lipinski definition) is 1. The SMILES string of the molecule is CCCCCCCCC=CCCCCCCCCOC(CO)COC(=O)CCCCCCCC=CCCCCCCCC. The summed E-state index contributed by atoms with van der Waals surface area (Å²) in [6.45, 7) is 5.22. The molecule has 0 aromatic heterocycles. The monoisotopic (exact) mass is 607 g/mol. The van der Waals surface area contributed by atoms with Crippen LogP contribution in [0.25, 0.3) is 0 Å². The van der Waals surface area contributed by atoms with Crippen LogP contribution in [-0.4, -0.2) is 37.0 Å². The van der Waals surface area contributed by atoms with Crippen LogP contribution in [0.15, 0.2) is 24.3 Å². The van der Waals surface area contributed by atoms with Gasteiger partial charge in [0.15, 0.2) is 0 Å². The van der Waals surface area contributed by atoms with Gasteiger partial charge in [-0.3, -0.25) is 4.79 Å². The van der Waals surface area contributed by atoms with Crippen molar-refractivity contribution >= 4 is 5.97 Å². The lowest BCUT2D eigenvalue weighted by Gasteiger charge is -2.15. The van der Waals surface area contributed by atoms with Crippen LogP contribution in [-0.2, 0) is 14.3 Å². The molecule has 0 aromatic rings. The summed E-state index contributed by atoms with van der Waals surface area (Å²) in [5.41, 5.74) is 0. The zero-order chi connectivity index (χ0) is 31.3. The summed E-state index contributed by atoms with van der Waals surface area (Å²) in [6, 6.07) is 0. The maximum absolute atomic E-state index is 12.1. The molecule has 0 aliphatic heterocycles. The molecule has 0 heterocycles. The highest BCUT2D eigenvalue weighted by molar-refractivity contribution is 5.69. The summed E-state index contributed by atoms with van der Waals surface area (Å²) in [7, 11) is 0. The molecule has 0 aromatic carbocycles. The molecule has 0 amide bonds. The van der Waals surface area contributed by atoms with Crippen molar-refractivity contribution in [3.05, 3.63) is 24.3 Å². The fraction of sp³-hybridized carbons (Fsp3) is 0.872. The van der Waals surface area contributed by atoms with Crippen LogP contribution in [0, 0.1) is 0 Å². The van der Waals surface area contributed by atoms with Crippen molar-refractivity contribution in [2.24, 2.45) is 0 Å². The topological polar surface area (TPSA) is 55.8 Å². The molecule has 0 aliphatic carbocycles. The summed E-state index contributed by atoms with van der Waals surface area (Å²) in [6.07, 6.45) is 43.7. The van der Waals surface area contributed by atoms with E-state index >= 15 is 0 Å². The third kappa shape index (κ3) is 35.2. The second kappa shape index (κ2) is 37.1. The van der Waals surface area contributed by atoms with E-state index in [2.05, 4.69) is 38.2 Å². The van der Waals surface area contributed by atoms with E-state index in [1.54, 1.807) is 0 Å². The average Bonchev–Trinajstić information content (AvgIpc) is 3.02. The van der Waals surface area contributed by atoms with Gasteiger partial charge in [-0.2, -0.15) is 0 Å². The van der Waals surface area contributed by atoms with Crippen LogP contribution in [0.1, 0.15) is 194 Å². The minimum atomic E-state index is -0.402. The Hall–Kier alpha value is -1.13. The van der Waals surface area contributed by atoms with Gasteiger partial charge in [0.05, 0.1) is 6.61 Å². The van der Waals surface area contributed by atoms with Gasteiger partial charge in [-0.05, 0) is 64.2 Å². The molecule has 43 heavy (non-hydrogen) atoms. The van der Waals surface area contributed by atoms with Gasteiger partial charge in [0.1, 0.15) is 12.7 Å². The van der Waals surface area contributed by atoms with Crippen LogP contribution in [0.2, 0.25) is 0 Å². The van der Waals surface area contributed by atoms with Crippen molar-refractivity contribution < 1.29 is 19.4 Å². The van der Waals surface area contributed by atoms with E-state index in [0.717, 1.165) is 25.7 Å². The molecule has 0 spiro atoms. The van der Waals surface area contributed by atoms with Crippen molar-refractivity contribution in [2.75, 3.05) is 19.8 Å². The molecule has 1 atom stereocenters. The fourth-order valence-corrected chi connectivity index (χ4v) is 5.35. The molecule has 0 radical (unpaired) electrons. The van der Waals surface area contributed by atoms with Gasteiger partial charge in [0, 0.05) is 13.0 Å². The first-order valence-electron chi connectivity index (χ1n) is 18.9. The number of unbranched alkanes of at least 4 members (excludes halogenated alkanes) is 23. The lowest BCUT2D eigenvalue weighted by atomic mass is 10.1. The molecule has 4 nitrogen and oxygen atoms in total. The van der Waals surface area contributed by atoms with Crippen LogP contribution in [0.5, 0.6) is 0 Å². The van der Waals surface area contributed by atoms with Gasteiger partial charge in [0.25, 0.3) is 0 Å². The number of carbonyl (C=O) groups is 1. The predicted molar refractivity (Wildman–Crippen MR) is 187 cm³/mol. The van der Waals surface area contributed by atoms with E-state index in [-0.39, 0.29) is 19.2 Å². The third-order valence-corrected chi connectivity index (χ3v) is 8.29. The maximum atomic E-state index is 12.1. The minimum absolute atomic E-state index is 0.104. The Bertz CT molecular complexity index is 600. The Morgan fingerprint density at radius 3 is 1.33 bits per heavy atom. The molecule has 0 saturated heterocycles. The lowest BCUT2D eigenvalue weighted by molar-refractivity contribution is -0.149. The van der Waals surface area contributed by atoms with Gasteiger partial charge in [0.2, 0.25) is 0 Å². The summed E-state index contributed by atoms with van der Waals surface area (Å²) in [4.78, 5) is 12.1. The molecule has 0 bridgehead atoms. The number of aliphatic hydroxyl groups is 1. The molecule has 1 unspecified atom stereocenters. The molecular formula is C39H74O4. The minimum Gasteiger partial charge on any atom is -0.463 e. The maximum Gasteiger partial charge on any atom is 0.305 e. The Morgan fingerprint density at radius 2 is 0.907 bits per heavy atom. The summed E-state index contributed by atoms with van der Waals surface area (Å²) >= 11 is 0. The number of aliphatic hydroxyl groups excluding tert-OH is 1. The van der Waals surface area contributed by atoms with Gasteiger partial charge < -0.3 is 14.6 Å². The summed E-state index contributed by atoms with van der Waals surface area (Å²) < 4.78 is 11.1. The molecule has 0 fully saturated rings. The summed E-state index contributed by atoms with van der Waals surface area (Å²) in [5, 5.41) is 9.56. The van der Waals surface area contributed by atoms with E-state index in [0.29, 0.717) is 13.0 Å². The third-order valence-electron chi connectivity index (χ3n) is 8.29. The number of hydrogen-bond acceptors (Lipinski definition) is 4. The van der Waals surface area contributed by atoms with E-state index in [1.807, 2.05) is 0 Å². The largest absolute Gasteiger partial charge is 0.463 e. The highest BCUT2D eigenvalue weighted by atomic mass is 16.6. The van der Waals surface area contributed by atoms with Crippen LogP contribution >= 0.6 is 0 Å². The first-order chi connectivity index (χ1) is 21.2. The van der Waals surface area contributed by atoms with Gasteiger partial charge in [-0.1, -0.05) is 147 Å². The molecular weight excluding hydrogens is 532 g/mol. The Kier molecular flexibility index (Phi) is 36.1. The predicted octanol–water partition coefficient (Wildman–Crippen LogP) is 12.0. The zero-order valence-corrected chi connectivity index (χ0v) is 29.0. The fourth-order valence-electron chi connectivity index (χ4n) is 5.35. The number of esters is 1. The standard InChI is InChI=1S/C39H74O4/c1-3-5-7-9-11-13-15-17-19-21-23-25-27-29-31-33-35-42-38(36-40)37-43-39(41)34-32-30-28-26-24-22-20-18-16-14-12-10-8-6-4-2/h17-20,38,40H,3-16,21-37H2,1-2H3. The Morgan fingerprint density at radius 1 is 0.535 bits per heavy atom. The van der Waals surface area contributed by atoms with Crippen LogP contribution < -0.4 is 0 Å². The first-order valence-corrected chi connectivity index (χ1v) is 18.9. The highest BCUT2D eigenvalue weighted by Crippen LogP contribution is 2.12. The van der Waals surface area contributed by atoms with E-state index in [1.165, 1.54) is 148 Å². The van der Waals surface area contributed by atoms with Crippen molar-refractivity contribution in [3.8, 4) is 0 Å². The normalized spacial score (nSPS) is 12.5. The summed E-state index contributed by atoms with van der Waals surface area (Å²) in [5.74, 6) is -0.170. The second-order valence-corrected chi connectivity index (χ2v) is 12.6. The molecule has 0 rings (SSSR count). The first kappa shape index (κ1) is 41.9. The van der Waals surface area contributed by atoms with Crippen molar-refractivity contribution in [3.63, 3.8) is 0 Å². The number of ether oxygens (including phenoxy) is 2. The molecule has 0 saturated carbocycles. The highest BCUT2D eigenvalue weighted by Gasteiger charge is 2.11.